The summed E-state index contributed by atoms with van der Waals surface area (Å²) < 4.78 is 2.29. The van der Waals surface area contributed by atoms with Gasteiger partial charge in [-0.25, -0.2) is 0 Å². The van der Waals surface area contributed by atoms with Gasteiger partial charge in [0.2, 0.25) is 0 Å². The molecule has 0 saturated heterocycles. The van der Waals surface area contributed by atoms with Gasteiger partial charge in [-0.1, -0.05) is 20.3 Å². The van der Waals surface area contributed by atoms with Crippen molar-refractivity contribution in [1.29, 1.82) is 0 Å². The molecule has 0 aliphatic heterocycles. The van der Waals surface area contributed by atoms with Crippen LogP contribution in [0.15, 0.2) is 18.5 Å². The minimum Gasteiger partial charge on any atom is -0.354 e. The predicted molar refractivity (Wildman–Crippen MR) is 73.0 cm³/mol. The van der Waals surface area contributed by atoms with Gasteiger partial charge in [-0.2, -0.15) is 0 Å². The predicted octanol–water partition coefficient (Wildman–Crippen LogP) is 3.57. The Morgan fingerprint density at radius 1 is 1.35 bits per heavy atom. The summed E-state index contributed by atoms with van der Waals surface area (Å²) in [6.07, 6.45) is 11.3. The molecular weight excluding hydrogens is 208 g/mol. The van der Waals surface area contributed by atoms with E-state index in [1.165, 1.54) is 44.2 Å². The molecule has 17 heavy (non-hydrogen) atoms. The third kappa shape index (κ3) is 3.12. The van der Waals surface area contributed by atoms with Gasteiger partial charge in [0.1, 0.15) is 0 Å². The van der Waals surface area contributed by atoms with E-state index in [1.807, 2.05) is 0 Å². The van der Waals surface area contributed by atoms with E-state index in [0.29, 0.717) is 5.41 Å². The maximum absolute atomic E-state index is 3.64. The number of hydrogen-bond acceptors (Lipinski definition) is 1. The van der Waals surface area contributed by atoms with Gasteiger partial charge in [0.15, 0.2) is 0 Å². The Balaban J connectivity index is 1.73. The number of nitrogens with zero attached hydrogens (tertiary/aromatic N) is 1. The summed E-state index contributed by atoms with van der Waals surface area (Å²) in [7, 11) is 0. The summed E-state index contributed by atoms with van der Waals surface area (Å²) in [5.41, 5.74) is 2.05. The highest BCUT2D eigenvalue weighted by atomic mass is 14.9. The van der Waals surface area contributed by atoms with E-state index in [1.54, 1.807) is 0 Å². The number of aromatic nitrogens is 1. The standard InChI is InChI=1S/C15H26N2/c1-3-9-17-10-6-14(12-17)11-16-13-15(4-2)7-5-8-15/h6,10,12,16H,3-5,7-9,11,13H2,1-2H3. The van der Waals surface area contributed by atoms with E-state index in [0.717, 1.165) is 13.1 Å². The molecular formula is C15H26N2. The molecule has 1 aromatic rings. The molecule has 2 rings (SSSR count). The van der Waals surface area contributed by atoms with Crippen molar-refractivity contribution in [2.24, 2.45) is 5.41 Å². The minimum absolute atomic E-state index is 0.631. The molecule has 0 bridgehead atoms. The van der Waals surface area contributed by atoms with Crippen LogP contribution in [0, 0.1) is 5.41 Å². The first-order valence-corrected chi connectivity index (χ1v) is 7.13. The summed E-state index contributed by atoms with van der Waals surface area (Å²) in [5, 5.41) is 3.64. The van der Waals surface area contributed by atoms with E-state index in [2.05, 4.69) is 42.2 Å². The van der Waals surface area contributed by atoms with Gasteiger partial charge in [-0.3, -0.25) is 0 Å². The van der Waals surface area contributed by atoms with Crippen molar-refractivity contribution in [3.05, 3.63) is 24.0 Å². The Morgan fingerprint density at radius 2 is 2.18 bits per heavy atom. The van der Waals surface area contributed by atoms with E-state index >= 15 is 0 Å². The lowest BCUT2D eigenvalue weighted by Crippen LogP contribution is -2.39. The maximum Gasteiger partial charge on any atom is 0.0220 e. The molecule has 2 heteroatoms. The lowest BCUT2D eigenvalue weighted by Gasteiger charge is -2.41. The molecule has 1 heterocycles. The average molecular weight is 234 g/mol. The van der Waals surface area contributed by atoms with Gasteiger partial charge in [0.05, 0.1) is 0 Å². The first-order chi connectivity index (χ1) is 8.28. The van der Waals surface area contributed by atoms with E-state index in [-0.39, 0.29) is 0 Å². The topological polar surface area (TPSA) is 17.0 Å². The van der Waals surface area contributed by atoms with Crippen LogP contribution in [0.5, 0.6) is 0 Å². The molecule has 0 aromatic carbocycles. The summed E-state index contributed by atoms with van der Waals surface area (Å²) >= 11 is 0. The Bertz CT molecular complexity index is 331. The molecule has 0 radical (unpaired) electrons. The Labute approximate surface area is 105 Å². The van der Waals surface area contributed by atoms with Crippen molar-refractivity contribution in [2.45, 2.75) is 59.0 Å². The van der Waals surface area contributed by atoms with Crippen LogP contribution in [0.4, 0.5) is 0 Å². The average Bonchev–Trinajstić information content (AvgIpc) is 2.71. The number of nitrogens with one attached hydrogen (secondary N) is 1. The molecule has 0 unspecified atom stereocenters. The fourth-order valence-corrected chi connectivity index (χ4v) is 2.80. The zero-order chi connectivity index (χ0) is 12.1. The first kappa shape index (κ1) is 12.7. The molecule has 1 N–H and O–H groups in total. The lowest BCUT2D eigenvalue weighted by atomic mass is 9.67. The van der Waals surface area contributed by atoms with Gasteiger partial charge in [0, 0.05) is 32.0 Å². The maximum atomic E-state index is 3.64. The molecule has 0 atom stereocenters. The molecule has 1 saturated carbocycles. The second-order valence-electron chi connectivity index (χ2n) is 5.57. The quantitative estimate of drug-likeness (QED) is 0.763. The second kappa shape index (κ2) is 5.72. The third-order valence-corrected chi connectivity index (χ3v) is 4.29. The van der Waals surface area contributed by atoms with Gasteiger partial charge in [-0.05, 0) is 42.7 Å². The third-order valence-electron chi connectivity index (χ3n) is 4.29. The molecule has 1 aliphatic carbocycles. The van der Waals surface area contributed by atoms with Crippen LogP contribution < -0.4 is 5.32 Å². The largest absolute Gasteiger partial charge is 0.354 e. The molecule has 1 fully saturated rings. The smallest absolute Gasteiger partial charge is 0.0220 e. The summed E-state index contributed by atoms with van der Waals surface area (Å²) in [5.74, 6) is 0. The number of hydrogen-bond donors (Lipinski definition) is 1. The summed E-state index contributed by atoms with van der Waals surface area (Å²) in [4.78, 5) is 0. The molecule has 1 aliphatic rings. The van der Waals surface area contributed by atoms with Crippen molar-refractivity contribution < 1.29 is 0 Å². The van der Waals surface area contributed by atoms with E-state index in [4.69, 9.17) is 0 Å². The van der Waals surface area contributed by atoms with Crippen molar-refractivity contribution in [3.8, 4) is 0 Å². The molecule has 0 amide bonds. The summed E-state index contributed by atoms with van der Waals surface area (Å²) in [6.45, 7) is 7.91. The molecule has 2 nitrogen and oxygen atoms in total. The van der Waals surface area contributed by atoms with Crippen molar-refractivity contribution >= 4 is 0 Å². The Kier molecular flexibility index (Phi) is 4.27. The Morgan fingerprint density at radius 3 is 2.76 bits per heavy atom. The Hall–Kier alpha value is -0.760. The van der Waals surface area contributed by atoms with Crippen LogP contribution in [0.1, 0.15) is 51.5 Å². The highest BCUT2D eigenvalue weighted by Crippen LogP contribution is 2.43. The van der Waals surface area contributed by atoms with Crippen molar-refractivity contribution in [1.82, 2.24) is 9.88 Å². The SMILES string of the molecule is CCCn1ccc(CNCC2(CC)CCC2)c1. The van der Waals surface area contributed by atoms with Crippen LogP contribution in [0.2, 0.25) is 0 Å². The molecule has 96 valence electrons. The minimum atomic E-state index is 0.631. The highest BCUT2D eigenvalue weighted by molar-refractivity contribution is 5.10. The van der Waals surface area contributed by atoms with Gasteiger partial charge < -0.3 is 9.88 Å². The van der Waals surface area contributed by atoms with Crippen LogP contribution in [-0.2, 0) is 13.1 Å². The molecule has 1 aromatic heterocycles. The van der Waals surface area contributed by atoms with Crippen LogP contribution in [-0.4, -0.2) is 11.1 Å². The second-order valence-corrected chi connectivity index (χ2v) is 5.57. The lowest BCUT2D eigenvalue weighted by molar-refractivity contribution is 0.124. The van der Waals surface area contributed by atoms with Gasteiger partial charge in [0.25, 0.3) is 0 Å². The van der Waals surface area contributed by atoms with E-state index in [9.17, 15) is 0 Å². The fourth-order valence-electron chi connectivity index (χ4n) is 2.80. The number of aryl methyl sites for hydroxylation is 1. The monoisotopic (exact) mass is 234 g/mol. The van der Waals surface area contributed by atoms with E-state index < -0.39 is 0 Å². The van der Waals surface area contributed by atoms with Gasteiger partial charge >= 0.3 is 0 Å². The highest BCUT2D eigenvalue weighted by Gasteiger charge is 2.34. The molecule has 0 spiro atoms. The number of rotatable bonds is 7. The van der Waals surface area contributed by atoms with Crippen LogP contribution in [0.25, 0.3) is 0 Å². The van der Waals surface area contributed by atoms with Gasteiger partial charge in [-0.15, -0.1) is 0 Å². The van der Waals surface area contributed by atoms with Crippen molar-refractivity contribution in [2.75, 3.05) is 6.54 Å². The zero-order valence-electron chi connectivity index (χ0n) is 11.3. The fraction of sp³-hybridized carbons (Fsp3) is 0.733. The van der Waals surface area contributed by atoms with Crippen LogP contribution >= 0.6 is 0 Å². The van der Waals surface area contributed by atoms with Crippen LogP contribution in [0.3, 0.4) is 0 Å². The van der Waals surface area contributed by atoms with Crippen molar-refractivity contribution in [3.63, 3.8) is 0 Å². The summed E-state index contributed by atoms with van der Waals surface area (Å²) in [6, 6.07) is 2.24. The first-order valence-electron chi connectivity index (χ1n) is 7.13. The normalized spacial score (nSPS) is 18.0. The zero-order valence-corrected chi connectivity index (χ0v) is 11.3.